The van der Waals surface area contributed by atoms with Crippen LogP contribution in [-0.4, -0.2) is 20.0 Å². The Kier molecular flexibility index (Phi) is 5.42. The van der Waals surface area contributed by atoms with Crippen molar-refractivity contribution in [1.82, 2.24) is 0 Å². The van der Waals surface area contributed by atoms with Crippen LogP contribution in [0.2, 0.25) is 0 Å². The number of ether oxygens (including phenoxy) is 2. The van der Waals surface area contributed by atoms with Crippen LogP contribution < -0.4 is 9.47 Å². The number of halogens is 2. The van der Waals surface area contributed by atoms with E-state index in [1.165, 1.54) is 7.11 Å². The maximum absolute atomic E-state index is 12.6. The van der Waals surface area contributed by atoms with Gasteiger partial charge in [0.1, 0.15) is 17.1 Å². The van der Waals surface area contributed by atoms with Gasteiger partial charge < -0.3 is 9.47 Å². The molecule has 0 aromatic heterocycles. The van der Waals surface area contributed by atoms with Crippen LogP contribution in [0.15, 0.2) is 45.3 Å². The number of carbonyl (C=O) groups excluding carboxylic acids is 1. The van der Waals surface area contributed by atoms with Crippen molar-refractivity contribution in [2.24, 2.45) is 0 Å². The standard InChI is InChI=1S/C16H14Br2O3/c1-20-14-8-7-12(18)16(21-2)15(14)13(19)9-10-3-5-11(17)6-4-10/h3-8H,9H2,1-2H3. The molecular weight excluding hydrogens is 400 g/mol. The van der Waals surface area contributed by atoms with Crippen molar-refractivity contribution in [2.45, 2.75) is 6.42 Å². The number of methoxy groups -OCH3 is 2. The van der Waals surface area contributed by atoms with Gasteiger partial charge in [-0.1, -0.05) is 28.1 Å². The Bertz CT molecular complexity index is 651. The number of hydrogen-bond donors (Lipinski definition) is 0. The highest BCUT2D eigenvalue weighted by molar-refractivity contribution is 9.10. The summed E-state index contributed by atoms with van der Waals surface area (Å²) in [5, 5.41) is 0. The lowest BCUT2D eigenvalue weighted by Gasteiger charge is -2.13. The molecule has 0 fully saturated rings. The molecule has 0 spiro atoms. The molecule has 0 atom stereocenters. The van der Waals surface area contributed by atoms with E-state index in [4.69, 9.17) is 9.47 Å². The Morgan fingerprint density at radius 2 is 1.67 bits per heavy atom. The van der Waals surface area contributed by atoms with Gasteiger partial charge in [-0.2, -0.15) is 0 Å². The van der Waals surface area contributed by atoms with Crippen molar-refractivity contribution < 1.29 is 14.3 Å². The maximum Gasteiger partial charge on any atom is 0.174 e. The first-order valence-corrected chi connectivity index (χ1v) is 7.83. The second-order valence-corrected chi connectivity index (χ2v) is 6.15. The summed E-state index contributed by atoms with van der Waals surface area (Å²) in [4.78, 5) is 12.6. The van der Waals surface area contributed by atoms with Crippen molar-refractivity contribution in [1.29, 1.82) is 0 Å². The third-order valence-corrected chi connectivity index (χ3v) is 4.21. The summed E-state index contributed by atoms with van der Waals surface area (Å²) in [5.41, 5.74) is 1.39. The molecule has 2 aromatic carbocycles. The van der Waals surface area contributed by atoms with E-state index in [2.05, 4.69) is 31.9 Å². The molecule has 0 radical (unpaired) electrons. The van der Waals surface area contributed by atoms with Crippen molar-refractivity contribution in [3.8, 4) is 11.5 Å². The van der Waals surface area contributed by atoms with Gasteiger partial charge in [-0.25, -0.2) is 0 Å². The van der Waals surface area contributed by atoms with Gasteiger partial charge in [0.25, 0.3) is 0 Å². The molecule has 0 saturated carbocycles. The summed E-state index contributed by atoms with van der Waals surface area (Å²) in [6.45, 7) is 0. The Balaban J connectivity index is 2.38. The molecular formula is C16H14Br2O3. The summed E-state index contributed by atoms with van der Waals surface area (Å²) >= 11 is 6.78. The highest BCUT2D eigenvalue weighted by atomic mass is 79.9. The fraction of sp³-hybridized carbons (Fsp3) is 0.188. The van der Waals surface area contributed by atoms with E-state index in [1.54, 1.807) is 19.2 Å². The Morgan fingerprint density at radius 3 is 2.24 bits per heavy atom. The van der Waals surface area contributed by atoms with Gasteiger partial charge in [0.05, 0.1) is 18.7 Å². The predicted molar refractivity (Wildman–Crippen MR) is 89.4 cm³/mol. The molecule has 0 unspecified atom stereocenters. The largest absolute Gasteiger partial charge is 0.496 e. The van der Waals surface area contributed by atoms with E-state index in [-0.39, 0.29) is 12.2 Å². The summed E-state index contributed by atoms with van der Waals surface area (Å²) < 4.78 is 12.3. The molecule has 5 heteroatoms. The van der Waals surface area contributed by atoms with E-state index in [9.17, 15) is 4.79 Å². The third-order valence-electron chi connectivity index (χ3n) is 3.05. The monoisotopic (exact) mass is 412 g/mol. The number of carbonyl (C=O) groups is 1. The van der Waals surface area contributed by atoms with E-state index in [1.807, 2.05) is 24.3 Å². The van der Waals surface area contributed by atoms with Crippen LogP contribution in [0.5, 0.6) is 11.5 Å². The maximum atomic E-state index is 12.6. The first kappa shape index (κ1) is 16.0. The molecule has 110 valence electrons. The predicted octanol–water partition coefficient (Wildman–Crippen LogP) is 4.65. The van der Waals surface area contributed by atoms with E-state index >= 15 is 0 Å². The number of rotatable bonds is 5. The number of hydrogen-bond acceptors (Lipinski definition) is 3. The number of Topliss-reactive ketones (excluding diaryl/α,β-unsaturated/α-hetero) is 1. The zero-order valence-corrected chi connectivity index (χ0v) is 14.8. The van der Waals surface area contributed by atoms with Crippen LogP contribution in [0.3, 0.4) is 0 Å². The van der Waals surface area contributed by atoms with Crippen LogP contribution in [0.25, 0.3) is 0 Å². The minimum absolute atomic E-state index is 0.0488. The van der Waals surface area contributed by atoms with E-state index in [0.29, 0.717) is 17.1 Å². The van der Waals surface area contributed by atoms with Gasteiger partial charge in [0, 0.05) is 10.9 Å². The summed E-state index contributed by atoms with van der Waals surface area (Å²) in [5.74, 6) is 0.959. The molecule has 0 aliphatic rings. The molecule has 0 bridgehead atoms. The molecule has 0 heterocycles. The van der Waals surface area contributed by atoms with Crippen molar-refractivity contribution >= 4 is 37.6 Å². The fourth-order valence-electron chi connectivity index (χ4n) is 2.05. The van der Waals surface area contributed by atoms with Crippen molar-refractivity contribution in [2.75, 3.05) is 14.2 Å². The molecule has 0 amide bonds. The summed E-state index contributed by atoms with van der Waals surface area (Å²) in [7, 11) is 3.08. The summed E-state index contributed by atoms with van der Waals surface area (Å²) in [6, 6.07) is 11.2. The van der Waals surface area contributed by atoms with Gasteiger partial charge in [-0.15, -0.1) is 0 Å². The van der Waals surface area contributed by atoms with Gasteiger partial charge >= 0.3 is 0 Å². The Morgan fingerprint density at radius 1 is 1.00 bits per heavy atom. The minimum Gasteiger partial charge on any atom is -0.496 e. The molecule has 2 rings (SSSR count). The quantitative estimate of drug-likeness (QED) is 0.669. The molecule has 0 aliphatic carbocycles. The molecule has 21 heavy (non-hydrogen) atoms. The normalized spacial score (nSPS) is 10.3. The zero-order chi connectivity index (χ0) is 15.4. The van der Waals surface area contributed by atoms with Gasteiger partial charge in [0.2, 0.25) is 0 Å². The third kappa shape index (κ3) is 3.66. The second-order valence-electron chi connectivity index (χ2n) is 4.38. The lowest BCUT2D eigenvalue weighted by atomic mass is 10.0. The summed E-state index contributed by atoms with van der Waals surface area (Å²) in [6.07, 6.45) is 0.288. The van der Waals surface area contributed by atoms with E-state index in [0.717, 1.165) is 14.5 Å². The highest BCUT2D eigenvalue weighted by Crippen LogP contribution is 2.36. The van der Waals surface area contributed by atoms with Gasteiger partial charge in [-0.05, 0) is 45.8 Å². The van der Waals surface area contributed by atoms with Crippen LogP contribution in [-0.2, 0) is 6.42 Å². The average Bonchev–Trinajstić information content (AvgIpc) is 2.49. The second kappa shape index (κ2) is 7.09. The Hall–Kier alpha value is -1.33. The molecule has 3 nitrogen and oxygen atoms in total. The lowest BCUT2D eigenvalue weighted by molar-refractivity contribution is 0.0987. The van der Waals surface area contributed by atoms with Gasteiger partial charge in [0.15, 0.2) is 5.78 Å². The SMILES string of the molecule is COc1ccc(Br)c(OC)c1C(=O)Cc1ccc(Br)cc1. The number of ketones is 1. The molecule has 0 N–H and O–H groups in total. The fourth-order valence-corrected chi connectivity index (χ4v) is 2.81. The average molecular weight is 414 g/mol. The van der Waals surface area contributed by atoms with Crippen molar-refractivity contribution in [3.63, 3.8) is 0 Å². The van der Waals surface area contributed by atoms with Crippen LogP contribution >= 0.6 is 31.9 Å². The first-order chi connectivity index (χ1) is 10.1. The minimum atomic E-state index is -0.0488. The van der Waals surface area contributed by atoms with E-state index < -0.39 is 0 Å². The van der Waals surface area contributed by atoms with Crippen LogP contribution in [0, 0.1) is 0 Å². The Labute approximate surface area is 140 Å². The number of benzene rings is 2. The molecule has 0 saturated heterocycles. The van der Waals surface area contributed by atoms with Crippen molar-refractivity contribution in [3.05, 3.63) is 56.5 Å². The van der Waals surface area contributed by atoms with Crippen LogP contribution in [0.1, 0.15) is 15.9 Å². The smallest absolute Gasteiger partial charge is 0.174 e. The molecule has 2 aromatic rings. The van der Waals surface area contributed by atoms with Crippen LogP contribution in [0.4, 0.5) is 0 Å². The highest BCUT2D eigenvalue weighted by Gasteiger charge is 2.20. The first-order valence-electron chi connectivity index (χ1n) is 6.25. The lowest BCUT2D eigenvalue weighted by Crippen LogP contribution is -2.08. The molecule has 0 aliphatic heterocycles. The zero-order valence-electron chi connectivity index (χ0n) is 11.7. The topological polar surface area (TPSA) is 35.5 Å². The van der Waals surface area contributed by atoms with Gasteiger partial charge in [-0.3, -0.25) is 4.79 Å².